The summed E-state index contributed by atoms with van der Waals surface area (Å²) in [6, 6.07) is 13.6. The van der Waals surface area contributed by atoms with E-state index >= 15 is 0 Å². The molecule has 0 unspecified atom stereocenters. The highest BCUT2D eigenvalue weighted by Crippen LogP contribution is 2.37. The van der Waals surface area contributed by atoms with E-state index in [0.29, 0.717) is 36.0 Å². The number of hydrogen-bond donors (Lipinski definition) is 0. The molecule has 1 aliphatic heterocycles. The quantitative estimate of drug-likeness (QED) is 0.451. The number of thioether (sulfide) groups is 1. The molecule has 0 N–H and O–H groups in total. The molecule has 2 aromatic rings. The van der Waals surface area contributed by atoms with Crippen molar-refractivity contribution in [3.63, 3.8) is 0 Å². The van der Waals surface area contributed by atoms with E-state index in [1.807, 2.05) is 42.5 Å². The summed E-state index contributed by atoms with van der Waals surface area (Å²) in [6.07, 6.45) is 4.09. The van der Waals surface area contributed by atoms with E-state index in [4.69, 9.17) is 9.47 Å². The summed E-state index contributed by atoms with van der Waals surface area (Å²) in [5.41, 5.74) is 2.72. The first-order valence-corrected chi connectivity index (χ1v) is 10.1. The van der Waals surface area contributed by atoms with Crippen molar-refractivity contribution in [2.24, 2.45) is 0 Å². The molecule has 0 saturated carbocycles. The van der Waals surface area contributed by atoms with Crippen molar-refractivity contribution >= 4 is 29.0 Å². The molecule has 0 aliphatic carbocycles. The Kier molecular flexibility index (Phi) is 6.77. The normalized spacial score (nSPS) is 15.1. The number of hydrogen-bond acceptors (Lipinski definition) is 5. The molecule has 0 bridgehead atoms. The third-order valence-corrected chi connectivity index (χ3v) is 5.36. The van der Waals surface area contributed by atoms with E-state index in [9.17, 15) is 9.59 Å². The van der Waals surface area contributed by atoms with E-state index in [-0.39, 0.29) is 11.1 Å². The Bertz CT molecular complexity index is 953. The van der Waals surface area contributed by atoms with Crippen LogP contribution in [0.4, 0.5) is 4.79 Å². The maximum Gasteiger partial charge on any atom is 0.293 e. The monoisotopic (exact) mass is 409 g/mol. The molecule has 5 nitrogen and oxygen atoms in total. The van der Waals surface area contributed by atoms with Crippen LogP contribution in [0.15, 0.2) is 60.0 Å². The summed E-state index contributed by atoms with van der Waals surface area (Å²) in [5.74, 6) is 0.951. The molecule has 150 valence electrons. The third-order valence-electron chi connectivity index (χ3n) is 4.45. The molecule has 0 radical (unpaired) electrons. The molecule has 1 fully saturated rings. The van der Waals surface area contributed by atoms with Gasteiger partial charge in [-0.25, -0.2) is 0 Å². The lowest BCUT2D eigenvalue weighted by molar-refractivity contribution is -0.122. The first-order valence-electron chi connectivity index (χ1n) is 9.31. The van der Waals surface area contributed by atoms with Gasteiger partial charge in [0, 0.05) is 12.1 Å². The van der Waals surface area contributed by atoms with Gasteiger partial charge in [-0.2, -0.15) is 0 Å². The van der Waals surface area contributed by atoms with E-state index < -0.39 is 0 Å². The Labute approximate surface area is 175 Å². The van der Waals surface area contributed by atoms with Gasteiger partial charge in [0.15, 0.2) is 11.5 Å². The molecule has 0 aromatic heterocycles. The lowest BCUT2D eigenvalue weighted by atomic mass is 10.0. The number of methoxy groups -OCH3 is 1. The largest absolute Gasteiger partial charge is 0.493 e. The fraction of sp³-hybridized carbons (Fsp3) is 0.217. The number of amides is 2. The number of rotatable bonds is 8. The highest BCUT2D eigenvalue weighted by Gasteiger charge is 2.33. The Morgan fingerprint density at radius 3 is 2.55 bits per heavy atom. The standard InChI is InChI=1S/C23H23NO4S/c1-4-9-18-12-17(14-20-22(25)24(5-2)23(26)29-20)13-19(27-3)21(18)28-15-16-10-7-6-8-11-16/h4,6-8,10-14H,1,5,9,15H2,2-3H3. The second-order valence-electron chi connectivity index (χ2n) is 6.40. The van der Waals surface area contributed by atoms with Crippen molar-refractivity contribution in [1.29, 1.82) is 0 Å². The number of nitrogens with zero attached hydrogens (tertiary/aromatic N) is 1. The van der Waals surface area contributed by atoms with Gasteiger partial charge < -0.3 is 9.47 Å². The molecule has 2 aromatic carbocycles. The predicted molar refractivity (Wildman–Crippen MR) is 116 cm³/mol. The van der Waals surface area contributed by atoms with Crippen LogP contribution in [0.25, 0.3) is 6.08 Å². The van der Waals surface area contributed by atoms with Crippen molar-refractivity contribution in [2.75, 3.05) is 13.7 Å². The average molecular weight is 410 g/mol. The van der Waals surface area contributed by atoms with Gasteiger partial charge in [-0.05, 0) is 54.4 Å². The molecule has 1 saturated heterocycles. The van der Waals surface area contributed by atoms with Crippen LogP contribution < -0.4 is 9.47 Å². The molecule has 3 rings (SSSR count). The van der Waals surface area contributed by atoms with Crippen LogP contribution in [0.3, 0.4) is 0 Å². The molecule has 29 heavy (non-hydrogen) atoms. The lowest BCUT2D eigenvalue weighted by Gasteiger charge is -2.16. The van der Waals surface area contributed by atoms with E-state index in [1.54, 1.807) is 26.2 Å². The fourth-order valence-corrected chi connectivity index (χ4v) is 3.95. The molecule has 2 amide bonds. The van der Waals surface area contributed by atoms with Gasteiger partial charge in [0.1, 0.15) is 6.61 Å². The molecule has 1 aliphatic rings. The maximum atomic E-state index is 12.4. The van der Waals surface area contributed by atoms with Crippen molar-refractivity contribution in [2.45, 2.75) is 20.0 Å². The summed E-state index contributed by atoms with van der Waals surface area (Å²) < 4.78 is 11.6. The lowest BCUT2D eigenvalue weighted by Crippen LogP contribution is -2.27. The van der Waals surface area contributed by atoms with Crippen molar-refractivity contribution in [3.8, 4) is 11.5 Å². The number of likely N-dealkylation sites (N-methyl/N-ethyl adjacent to an activating group) is 1. The van der Waals surface area contributed by atoms with Gasteiger partial charge in [0.2, 0.25) is 0 Å². The van der Waals surface area contributed by atoms with Gasteiger partial charge in [0.25, 0.3) is 11.1 Å². The molecular formula is C23H23NO4S. The summed E-state index contributed by atoms with van der Waals surface area (Å²) in [6.45, 7) is 6.38. The van der Waals surface area contributed by atoms with Crippen LogP contribution in [0.2, 0.25) is 0 Å². The second-order valence-corrected chi connectivity index (χ2v) is 7.40. The van der Waals surface area contributed by atoms with Gasteiger partial charge in [-0.3, -0.25) is 14.5 Å². The number of imide groups is 1. The zero-order valence-electron chi connectivity index (χ0n) is 16.5. The van der Waals surface area contributed by atoms with Crippen LogP contribution in [0.1, 0.15) is 23.6 Å². The van der Waals surface area contributed by atoms with Crippen LogP contribution >= 0.6 is 11.8 Å². The first-order chi connectivity index (χ1) is 14.1. The van der Waals surface area contributed by atoms with Crippen molar-refractivity contribution in [3.05, 3.63) is 76.7 Å². The molecular weight excluding hydrogens is 386 g/mol. The Hall–Kier alpha value is -2.99. The zero-order chi connectivity index (χ0) is 20.8. The average Bonchev–Trinajstić information content (AvgIpc) is 3.00. The van der Waals surface area contributed by atoms with E-state index in [0.717, 1.165) is 28.5 Å². The molecule has 1 heterocycles. The van der Waals surface area contributed by atoms with Gasteiger partial charge in [-0.15, -0.1) is 6.58 Å². The van der Waals surface area contributed by atoms with E-state index in [2.05, 4.69) is 6.58 Å². The SMILES string of the molecule is C=CCc1cc(C=C2SC(=O)N(CC)C2=O)cc(OC)c1OCc1ccccc1. The number of benzene rings is 2. The second kappa shape index (κ2) is 9.47. The third kappa shape index (κ3) is 4.71. The minimum absolute atomic E-state index is 0.246. The van der Waals surface area contributed by atoms with Crippen molar-refractivity contribution in [1.82, 2.24) is 4.90 Å². The molecule has 0 spiro atoms. The predicted octanol–water partition coefficient (Wildman–Crippen LogP) is 5.06. The number of carbonyl (C=O) groups excluding carboxylic acids is 2. The Morgan fingerprint density at radius 1 is 1.17 bits per heavy atom. The zero-order valence-corrected chi connectivity index (χ0v) is 17.3. The number of allylic oxidation sites excluding steroid dienone is 1. The van der Waals surface area contributed by atoms with E-state index in [1.165, 1.54) is 4.90 Å². The topological polar surface area (TPSA) is 55.8 Å². The summed E-state index contributed by atoms with van der Waals surface area (Å²) in [5, 5.41) is -0.246. The van der Waals surface area contributed by atoms with Crippen LogP contribution in [-0.4, -0.2) is 29.7 Å². The summed E-state index contributed by atoms with van der Waals surface area (Å²) in [7, 11) is 1.58. The smallest absolute Gasteiger partial charge is 0.293 e. The number of carbonyl (C=O) groups is 2. The minimum Gasteiger partial charge on any atom is -0.493 e. The Morgan fingerprint density at radius 2 is 1.93 bits per heavy atom. The number of ether oxygens (including phenoxy) is 2. The van der Waals surface area contributed by atoms with Crippen LogP contribution in [-0.2, 0) is 17.8 Å². The summed E-state index contributed by atoms with van der Waals surface area (Å²) >= 11 is 0.952. The molecule has 6 heteroatoms. The Balaban J connectivity index is 1.93. The maximum absolute atomic E-state index is 12.4. The van der Waals surface area contributed by atoms with Crippen LogP contribution in [0, 0.1) is 0 Å². The highest BCUT2D eigenvalue weighted by molar-refractivity contribution is 8.18. The fourth-order valence-electron chi connectivity index (χ4n) is 3.04. The van der Waals surface area contributed by atoms with Crippen LogP contribution in [0.5, 0.6) is 11.5 Å². The van der Waals surface area contributed by atoms with Gasteiger partial charge in [-0.1, -0.05) is 36.4 Å². The summed E-state index contributed by atoms with van der Waals surface area (Å²) in [4.78, 5) is 26.0. The first kappa shape index (κ1) is 20.7. The van der Waals surface area contributed by atoms with Crippen molar-refractivity contribution < 1.29 is 19.1 Å². The minimum atomic E-state index is -0.267. The van der Waals surface area contributed by atoms with Gasteiger partial charge in [0.05, 0.1) is 12.0 Å². The van der Waals surface area contributed by atoms with Gasteiger partial charge >= 0.3 is 0 Å². The molecule has 0 atom stereocenters. The highest BCUT2D eigenvalue weighted by atomic mass is 32.2.